The zero-order chi connectivity index (χ0) is 18.6. The first-order valence-electron chi connectivity index (χ1n) is 7.82. The number of allylic oxidation sites excluding steroid dienone is 1. The lowest BCUT2D eigenvalue weighted by Gasteiger charge is -2.33. The van der Waals surface area contributed by atoms with Gasteiger partial charge in [0.2, 0.25) is 0 Å². The van der Waals surface area contributed by atoms with Gasteiger partial charge in [-0.2, -0.15) is 8.78 Å². The van der Waals surface area contributed by atoms with Crippen molar-refractivity contribution in [2.45, 2.75) is 32.9 Å². The van der Waals surface area contributed by atoms with E-state index in [-0.39, 0.29) is 23.5 Å². The van der Waals surface area contributed by atoms with Gasteiger partial charge in [0.25, 0.3) is 0 Å². The van der Waals surface area contributed by atoms with Gasteiger partial charge in [-0.3, -0.25) is 0 Å². The Labute approximate surface area is 144 Å². The number of hydrogen-bond donors (Lipinski definition) is 1. The summed E-state index contributed by atoms with van der Waals surface area (Å²) in [6.07, 6.45) is 0.635. The molecule has 1 atom stereocenters. The minimum absolute atomic E-state index is 0.110. The Bertz CT molecular complexity index is 691. The predicted octanol–water partition coefficient (Wildman–Crippen LogP) is 3.21. The molecule has 1 N–H and O–H groups in total. The van der Waals surface area contributed by atoms with E-state index in [4.69, 9.17) is 4.74 Å². The van der Waals surface area contributed by atoms with Crippen LogP contribution in [0.4, 0.5) is 13.6 Å². The summed E-state index contributed by atoms with van der Waals surface area (Å²) in [6.45, 7) is 0.649. The van der Waals surface area contributed by atoms with Crippen molar-refractivity contribution in [3.05, 3.63) is 41.1 Å². The van der Waals surface area contributed by atoms with Crippen LogP contribution < -0.4 is 10.1 Å². The van der Waals surface area contributed by atoms with Gasteiger partial charge in [-0.05, 0) is 19.4 Å². The van der Waals surface area contributed by atoms with Crippen molar-refractivity contribution < 1.29 is 27.8 Å². The van der Waals surface area contributed by atoms with E-state index in [1.54, 1.807) is 13.0 Å². The Hall–Kier alpha value is -2.64. The third-order valence-electron chi connectivity index (χ3n) is 3.86. The second-order valence-electron chi connectivity index (χ2n) is 5.49. The molecule has 6 nitrogen and oxygen atoms in total. The number of benzene rings is 1. The summed E-state index contributed by atoms with van der Waals surface area (Å²) in [5.74, 6) is -0.719. The minimum atomic E-state index is -3.02. The van der Waals surface area contributed by atoms with Crippen molar-refractivity contribution >= 4 is 12.0 Å². The van der Waals surface area contributed by atoms with Crippen molar-refractivity contribution in [1.82, 2.24) is 10.2 Å². The van der Waals surface area contributed by atoms with Crippen molar-refractivity contribution in [3.63, 3.8) is 0 Å². The van der Waals surface area contributed by atoms with Gasteiger partial charge in [0, 0.05) is 18.3 Å². The van der Waals surface area contributed by atoms with Crippen molar-refractivity contribution in [2.75, 3.05) is 13.7 Å². The zero-order valence-electron chi connectivity index (χ0n) is 14.2. The van der Waals surface area contributed by atoms with Gasteiger partial charge < -0.3 is 19.7 Å². The van der Waals surface area contributed by atoms with Crippen molar-refractivity contribution in [1.29, 1.82) is 0 Å². The first kappa shape index (κ1) is 18.7. The normalized spacial score (nSPS) is 17.6. The third-order valence-corrected chi connectivity index (χ3v) is 3.86. The molecule has 8 heteroatoms. The first-order chi connectivity index (χ1) is 11.9. The molecule has 0 fully saturated rings. The summed E-state index contributed by atoms with van der Waals surface area (Å²) in [6, 6.07) is 4.63. The molecule has 25 heavy (non-hydrogen) atoms. The SMILES string of the molecule is CCCOC(=O)C1=C(C)N(C)C(=O)NC1c1ccccc1OC(F)F. The smallest absolute Gasteiger partial charge is 0.387 e. The average molecular weight is 354 g/mol. The van der Waals surface area contributed by atoms with Crippen molar-refractivity contribution in [2.24, 2.45) is 0 Å². The Kier molecular flexibility index (Phi) is 5.95. The number of esters is 1. The molecule has 0 aliphatic carbocycles. The average Bonchev–Trinajstić information content (AvgIpc) is 2.57. The lowest BCUT2D eigenvalue weighted by molar-refractivity contribution is -0.139. The number of nitrogens with zero attached hydrogens (tertiary/aromatic N) is 1. The molecule has 0 spiro atoms. The maximum atomic E-state index is 12.7. The Morgan fingerprint density at radius 2 is 2.04 bits per heavy atom. The second-order valence-corrected chi connectivity index (χ2v) is 5.49. The molecule has 2 rings (SSSR count). The van der Waals surface area contributed by atoms with Crippen LogP contribution in [0, 0.1) is 0 Å². The van der Waals surface area contributed by atoms with Gasteiger partial charge in [0.1, 0.15) is 5.75 Å². The maximum Gasteiger partial charge on any atom is 0.387 e. The molecule has 0 aromatic heterocycles. The highest BCUT2D eigenvalue weighted by atomic mass is 19.3. The summed E-state index contributed by atoms with van der Waals surface area (Å²) >= 11 is 0. The number of alkyl halides is 2. The van der Waals surface area contributed by atoms with Crippen LogP contribution in [0.3, 0.4) is 0 Å². The number of amides is 2. The van der Waals surface area contributed by atoms with Crippen LogP contribution in [0.25, 0.3) is 0 Å². The maximum absolute atomic E-state index is 12.7. The molecule has 1 aromatic carbocycles. The van der Waals surface area contributed by atoms with Gasteiger partial charge in [0.15, 0.2) is 0 Å². The van der Waals surface area contributed by atoms with Crippen molar-refractivity contribution in [3.8, 4) is 5.75 Å². The zero-order valence-corrected chi connectivity index (χ0v) is 14.2. The molecule has 1 aliphatic heterocycles. The molecule has 0 radical (unpaired) electrons. The number of carbonyl (C=O) groups excluding carboxylic acids is 2. The highest BCUT2D eigenvalue weighted by Crippen LogP contribution is 2.35. The number of nitrogens with one attached hydrogen (secondary N) is 1. The van der Waals surface area contributed by atoms with E-state index in [0.717, 1.165) is 0 Å². The number of hydrogen-bond acceptors (Lipinski definition) is 4. The molecule has 2 amide bonds. The number of carbonyl (C=O) groups is 2. The van der Waals surface area contributed by atoms with Gasteiger partial charge in [-0.15, -0.1) is 0 Å². The highest BCUT2D eigenvalue weighted by Gasteiger charge is 2.36. The molecule has 1 aliphatic rings. The third kappa shape index (κ3) is 4.07. The molecule has 1 unspecified atom stereocenters. The van der Waals surface area contributed by atoms with Crippen LogP contribution >= 0.6 is 0 Å². The van der Waals surface area contributed by atoms with Crippen LogP contribution in [0.2, 0.25) is 0 Å². The molecule has 0 bridgehead atoms. The summed E-state index contributed by atoms with van der Waals surface area (Å²) in [5, 5.41) is 2.64. The fourth-order valence-corrected chi connectivity index (χ4v) is 2.53. The number of halogens is 2. The second kappa shape index (κ2) is 7.96. The van der Waals surface area contributed by atoms with Gasteiger partial charge in [0.05, 0.1) is 18.2 Å². The van der Waals surface area contributed by atoms with Gasteiger partial charge in [-0.25, -0.2) is 9.59 Å². The Morgan fingerprint density at radius 1 is 1.36 bits per heavy atom. The molecule has 0 saturated carbocycles. The molecule has 1 aromatic rings. The highest BCUT2D eigenvalue weighted by molar-refractivity contribution is 5.95. The quantitative estimate of drug-likeness (QED) is 0.797. The molecule has 1 heterocycles. The first-order valence-corrected chi connectivity index (χ1v) is 7.82. The van der Waals surface area contributed by atoms with E-state index >= 15 is 0 Å². The van der Waals surface area contributed by atoms with Crippen LogP contribution in [0.1, 0.15) is 31.9 Å². The van der Waals surface area contributed by atoms with E-state index in [9.17, 15) is 18.4 Å². The van der Waals surface area contributed by atoms with E-state index in [2.05, 4.69) is 10.1 Å². The fraction of sp³-hybridized carbons (Fsp3) is 0.412. The summed E-state index contributed by atoms with van der Waals surface area (Å²) < 4.78 is 35.1. The predicted molar refractivity (Wildman–Crippen MR) is 86.1 cm³/mol. The van der Waals surface area contributed by atoms with Crippen LogP contribution in [0.5, 0.6) is 5.75 Å². The molecular weight excluding hydrogens is 334 g/mol. The molecule has 0 saturated heterocycles. The number of ether oxygens (including phenoxy) is 2. The lowest BCUT2D eigenvalue weighted by atomic mass is 9.94. The summed E-state index contributed by atoms with van der Waals surface area (Å²) in [5.41, 5.74) is 0.828. The number of rotatable bonds is 6. The monoisotopic (exact) mass is 354 g/mol. The van der Waals surface area contributed by atoms with Gasteiger partial charge in [-0.1, -0.05) is 25.1 Å². The largest absolute Gasteiger partial charge is 0.462 e. The summed E-state index contributed by atoms with van der Waals surface area (Å²) in [7, 11) is 1.51. The Balaban J connectivity index is 2.50. The number of para-hydroxylation sites is 1. The van der Waals surface area contributed by atoms with E-state index in [1.165, 1.54) is 30.1 Å². The fourth-order valence-electron chi connectivity index (χ4n) is 2.53. The van der Waals surface area contributed by atoms with Crippen LogP contribution in [-0.4, -0.2) is 37.2 Å². The van der Waals surface area contributed by atoms with Crippen LogP contribution in [-0.2, 0) is 9.53 Å². The minimum Gasteiger partial charge on any atom is -0.462 e. The van der Waals surface area contributed by atoms with Gasteiger partial charge >= 0.3 is 18.6 Å². The molecule has 136 valence electrons. The van der Waals surface area contributed by atoms with E-state index in [1.807, 2.05) is 6.92 Å². The van der Waals surface area contributed by atoms with Crippen LogP contribution in [0.15, 0.2) is 35.5 Å². The summed E-state index contributed by atoms with van der Waals surface area (Å²) in [4.78, 5) is 25.9. The Morgan fingerprint density at radius 3 is 2.68 bits per heavy atom. The number of urea groups is 1. The lowest BCUT2D eigenvalue weighted by Crippen LogP contribution is -2.46. The topological polar surface area (TPSA) is 67.9 Å². The van der Waals surface area contributed by atoms with E-state index < -0.39 is 24.7 Å². The standard InChI is InChI=1S/C17H20F2N2O4/c1-4-9-24-15(22)13-10(2)21(3)17(23)20-14(13)11-7-5-6-8-12(11)25-16(18)19/h5-8,14,16H,4,9H2,1-3H3,(H,20,23). The molecular formula is C17H20F2N2O4. The van der Waals surface area contributed by atoms with E-state index in [0.29, 0.717) is 12.1 Å².